The second-order valence-corrected chi connectivity index (χ2v) is 14.3. The summed E-state index contributed by atoms with van der Waals surface area (Å²) < 4.78 is 8.68. The average Bonchev–Trinajstić information content (AvgIpc) is 3.96. The van der Waals surface area contributed by atoms with Crippen molar-refractivity contribution in [2.24, 2.45) is 0 Å². The predicted molar refractivity (Wildman–Crippen MR) is 199 cm³/mol. The summed E-state index contributed by atoms with van der Waals surface area (Å²) in [5.74, 6) is 4.58. The summed E-state index contributed by atoms with van der Waals surface area (Å²) in [6.07, 6.45) is 15.0. The van der Waals surface area contributed by atoms with E-state index in [9.17, 15) is 0 Å². The molecule has 0 fully saturated rings. The quantitative estimate of drug-likeness (QED) is 0.141. The zero-order valence-electron chi connectivity index (χ0n) is 29.1. The molecule has 8 aromatic heterocycles. The van der Waals surface area contributed by atoms with Crippen LogP contribution in [0.1, 0.15) is 76.4 Å². The molecule has 50 heavy (non-hydrogen) atoms. The molecule has 12 nitrogen and oxygen atoms in total. The zero-order valence-corrected chi connectivity index (χ0v) is 30.7. The molecule has 0 N–H and O–H groups in total. The van der Waals surface area contributed by atoms with Gasteiger partial charge in [-0.05, 0) is 37.8 Å². The second kappa shape index (κ2) is 14.4. The smallest absolute Gasteiger partial charge is 0.169 e. The largest absolute Gasteiger partial charge is 0.327 e. The molecule has 0 unspecified atom stereocenters. The fourth-order valence-electron chi connectivity index (χ4n) is 6.00. The molecule has 0 spiro atoms. The molecule has 0 atom stereocenters. The normalized spacial score (nSPS) is 11.7. The second-order valence-electron chi connectivity index (χ2n) is 12.5. The SMILES string of the molecule is CCn1c(Cn2ccnc2-c2nccs2)nc2cc(C(C)C)ncc21.CCn1c(Cn2ccnc2-c2nccs2)nc2cnc(C(C)C)cc21. The third-order valence-corrected chi connectivity index (χ3v) is 10.1. The standard InChI is InChI=1S/2C18H20N6S/c1-4-24-15-9-13(12(2)3)21-10-14(15)22-16(24)11-23-7-5-19-17(23)18-20-6-8-25-18;1-4-24-15-10-21-13(12(2)3)9-14(15)22-16(24)11-23-7-5-19-17(23)18-20-6-8-25-18/h2*5-10,12H,4,11H2,1-3H3. The molecule has 0 aliphatic carbocycles. The molecule has 0 aliphatic heterocycles. The van der Waals surface area contributed by atoms with Gasteiger partial charge in [-0.1, -0.05) is 27.7 Å². The molecule has 0 aliphatic rings. The number of pyridine rings is 2. The number of fused-ring (bicyclic) bond motifs is 2. The van der Waals surface area contributed by atoms with E-state index in [0.717, 1.165) is 79.9 Å². The van der Waals surface area contributed by atoms with E-state index in [1.54, 1.807) is 35.1 Å². The van der Waals surface area contributed by atoms with Crippen molar-refractivity contribution in [3.05, 3.63) is 95.5 Å². The Kier molecular flexibility index (Phi) is 9.63. The number of rotatable bonds is 10. The Bertz CT molecular complexity index is 2250. The van der Waals surface area contributed by atoms with Gasteiger partial charge < -0.3 is 18.3 Å². The highest BCUT2D eigenvalue weighted by Crippen LogP contribution is 2.26. The summed E-state index contributed by atoms with van der Waals surface area (Å²) in [5, 5.41) is 5.78. The van der Waals surface area contributed by atoms with Gasteiger partial charge in [0.05, 0.1) is 42.0 Å². The summed E-state index contributed by atoms with van der Waals surface area (Å²) in [7, 11) is 0. The third kappa shape index (κ3) is 6.60. The number of aromatic nitrogens is 12. The van der Waals surface area contributed by atoms with Gasteiger partial charge in [-0.15, -0.1) is 22.7 Å². The summed E-state index contributed by atoms with van der Waals surface area (Å²) in [6.45, 7) is 16.0. The van der Waals surface area contributed by atoms with Crippen LogP contribution in [0.4, 0.5) is 0 Å². The van der Waals surface area contributed by atoms with E-state index in [0.29, 0.717) is 24.9 Å². The van der Waals surface area contributed by atoms with Crippen molar-refractivity contribution in [2.75, 3.05) is 0 Å². The molecular weight excluding hydrogens is 665 g/mol. The Morgan fingerprint density at radius 2 is 1.10 bits per heavy atom. The highest BCUT2D eigenvalue weighted by molar-refractivity contribution is 7.13. The summed E-state index contributed by atoms with van der Waals surface area (Å²) in [4.78, 5) is 36.5. The fourth-order valence-corrected chi connectivity index (χ4v) is 7.30. The van der Waals surface area contributed by atoms with Crippen LogP contribution in [0.25, 0.3) is 43.7 Å². The molecule has 14 heteroatoms. The minimum atomic E-state index is 0.393. The van der Waals surface area contributed by atoms with Crippen molar-refractivity contribution >= 4 is 44.7 Å². The first-order valence-electron chi connectivity index (χ1n) is 16.9. The van der Waals surface area contributed by atoms with Crippen LogP contribution in [-0.4, -0.2) is 58.1 Å². The van der Waals surface area contributed by atoms with Gasteiger partial charge in [0.15, 0.2) is 21.7 Å². The summed E-state index contributed by atoms with van der Waals surface area (Å²) in [5.41, 5.74) is 6.35. The summed E-state index contributed by atoms with van der Waals surface area (Å²) in [6, 6.07) is 4.26. The molecular formula is C36H40N12S2. The van der Waals surface area contributed by atoms with Crippen molar-refractivity contribution in [2.45, 2.75) is 79.6 Å². The Morgan fingerprint density at radius 1 is 0.580 bits per heavy atom. The minimum Gasteiger partial charge on any atom is -0.327 e. The van der Waals surface area contributed by atoms with Crippen molar-refractivity contribution in [1.82, 2.24) is 58.1 Å². The maximum atomic E-state index is 4.88. The summed E-state index contributed by atoms with van der Waals surface area (Å²) >= 11 is 3.19. The fraction of sp³-hybridized carbons (Fsp3) is 0.333. The molecule has 8 rings (SSSR count). The highest BCUT2D eigenvalue weighted by atomic mass is 32.1. The van der Waals surface area contributed by atoms with E-state index in [1.165, 1.54) is 0 Å². The van der Waals surface area contributed by atoms with Gasteiger partial charge in [0.25, 0.3) is 0 Å². The van der Waals surface area contributed by atoms with E-state index < -0.39 is 0 Å². The van der Waals surface area contributed by atoms with Crippen LogP contribution in [0.15, 0.2) is 72.5 Å². The van der Waals surface area contributed by atoms with Gasteiger partial charge in [-0.25, -0.2) is 29.9 Å². The van der Waals surface area contributed by atoms with Crippen molar-refractivity contribution < 1.29 is 0 Å². The van der Waals surface area contributed by atoms with Crippen molar-refractivity contribution in [3.63, 3.8) is 0 Å². The van der Waals surface area contributed by atoms with Crippen molar-refractivity contribution in [3.8, 4) is 21.7 Å². The van der Waals surface area contributed by atoms with Gasteiger partial charge in [-0.3, -0.25) is 9.97 Å². The lowest BCUT2D eigenvalue weighted by atomic mass is 10.1. The molecule has 0 saturated carbocycles. The van der Waals surface area contributed by atoms with Gasteiger partial charge >= 0.3 is 0 Å². The Hall–Kier alpha value is -5.08. The van der Waals surface area contributed by atoms with Crippen LogP contribution in [-0.2, 0) is 26.2 Å². The maximum Gasteiger partial charge on any atom is 0.169 e. The highest BCUT2D eigenvalue weighted by Gasteiger charge is 2.17. The molecule has 0 aromatic carbocycles. The molecule has 0 radical (unpaired) electrons. The number of aryl methyl sites for hydroxylation is 2. The van der Waals surface area contributed by atoms with Crippen LogP contribution in [0.2, 0.25) is 0 Å². The molecule has 8 heterocycles. The lowest BCUT2D eigenvalue weighted by molar-refractivity contribution is 0.666. The average molecular weight is 705 g/mol. The molecule has 8 aromatic rings. The van der Waals surface area contributed by atoms with Gasteiger partial charge in [0.1, 0.15) is 17.2 Å². The lowest BCUT2D eigenvalue weighted by Gasteiger charge is -2.09. The van der Waals surface area contributed by atoms with E-state index in [4.69, 9.17) is 9.97 Å². The number of nitrogens with zero attached hydrogens (tertiary/aromatic N) is 12. The van der Waals surface area contributed by atoms with E-state index in [2.05, 4.69) is 102 Å². The lowest BCUT2D eigenvalue weighted by Crippen LogP contribution is -2.08. The predicted octanol–water partition coefficient (Wildman–Crippen LogP) is 7.89. The van der Waals surface area contributed by atoms with Crippen LogP contribution in [0, 0.1) is 0 Å². The van der Waals surface area contributed by atoms with Gasteiger partial charge in [0, 0.05) is 72.4 Å². The van der Waals surface area contributed by atoms with Crippen LogP contribution < -0.4 is 0 Å². The Labute approximate surface area is 298 Å². The van der Waals surface area contributed by atoms with Crippen molar-refractivity contribution in [1.29, 1.82) is 0 Å². The maximum absolute atomic E-state index is 4.88. The molecule has 0 saturated heterocycles. The van der Waals surface area contributed by atoms with Crippen LogP contribution in [0.3, 0.4) is 0 Å². The van der Waals surface area contributed by atoms with Crippen LogP contribution >= 0.6 is 22.7 Å². The molecule has 0 amide bonds. The van der Waals surface area contributed by atoms with Gasteiger partial charge in [0.2, 0.25) is 0 Å². The number of hydrogen-bond acceptors (Lipinski definition) is 10. The van der Waals surface area contributed by atoms with Crippen LogP contribution in [0.5, 0.6) is 0 Å². The topological polar surface area (TPSA) is 123 Å². The van der Waals surface area contributed by atoms with Gasteiger partial charge in [-0.2, -0.15) is 0 Å². The van der Waals surface area contributed by atoms with E-state index in [-0.39, 0.29) is 0 Å². The number of hydrogen-bond donors (Lipinski definition) is 0. The first kappa shape index (κ1) is 33.4. The zero-order chi connectivity index (χ0) is 34.8. The molecule has 0 bridgehead atoms. The first-order chi connectivity index (χ1) is 24.3. The Morgan fingerprint density at radius 3 is 1.62 bits per heavy atom. The number of imidazole rings is 4. The Balaban J connectivity index is 0.000000157. The molecule has 256 valence electrons. The van der Waals surface area contributed by atoms with E-state index >= 15 is 0 Å². The monoisotopic (exact) mass is 704 g/mol. The third-order valence-electron chi connectivity index (χ3n) is 8.59. The first-order valence-corrected chi connectivity index (χ1v) is 18.6. The number of thiazole rings is 2. The minimum absolute atomic E-state index is 0.393. The van der Waals surface area contributed by atoms with E-state index in [1.807, 2.05) is 47.9 Å².